The molecule has 7 nitrogen and oxygen atoms in total. The van der Waals surface area contributed by atoms with Crippen molar-refractivity contribution >= 4 is 23.6 Å². The number of carbonyl (C=O) groups is 3. The molecule has 0 unspecified atom stereocenters. The number of likely N-dealkylation sites (N-methyl/N-ethyl adjacent to an activating group) is 1. The maximum atomic E-state index is 12.6. The van der Waals surface area contributed by atoms with Crippen LogP contribution in [0.3, 0.4) is 0 Å². The van der Waals surface area contributed by atoms with Gasteiger partial charge in [-0.2, -0.15) is 0 Å². The van der Waals surface area contributed by atoms with Gasteiger partial charge in [0.15, 0.2) is 6.61 Å². The molecule has 7 heteroatoms. The fourth-order valence-corrected chi connectivity index (χ4v) is 3.48. The van der Waals surface area contributed by atoms with Gasteiger partial charge in [-0.15, -0.1) is 0 Å². The molecule has 1 aliphatic carbocycles. The number of nitrogens with zero attached hydrogens (tertiary/aromatic N) is 1. The first-order valence-corrected chi connectivity index (χ1v) is 9.13. The minimum atomic E-state index is -0.727. The first kappa shape index (κ1) is 19.4. The van der Waals surface area contributed by atoms with Gasteiger partial charge in [0.25, 0.3) is 5.91 Å². The molecule has 28 heavy (non-hydrogen) atoms. The summed E-state index contributed by atoms with van der Waals surface area (Å²) in [5, 5.41) is 2.39. The van der Waals surface area contributed by atoms with Gasteiger partial charge in [-0.3, -0.25) is 4.79 Å². The number of esters is 1. The molecular formula is C21H23N3O4. The van der Waals surface area contributed by atoms with Crippen LogP contribution >= 0.6 is 0 Å². The van der Waals surface area contributed by atoms with E-state index < -0.39 is 12.0 Å². The molecule has 0 saturated heterocycles. The highest BCUT2D eigenvalue weighted by Gasteiger charge is 2.27. The lowest BCUT2D eigenvalue weighted by Gasteiger charge is -2.33. The first-order valence-electron chi connectivity index (χ1n) is 9.13. The zero-order valence-corrected chi connectivity index (χ0v) is 15.7. The molecule has 0 heterocycles. The number of fused-ring (bicyclic) bond motifs is 1. The van der Waals surface area contributed by atoms with E-state index in [9.17, 15) is 14.4 Å². The monoisotopic (exact) mass is 381 g/mol. The van der Waals surface area contributed by atoms with Crippen molar-refractivity contribution < 1.29 is 19.1 Å². The maximum Gasteiger partial charge on any atom is 0.338 e. The lowest BCUT2D eigenvalue weighted by Crippen LogP contribution is -2.36. The number of nitrogens with one attached hydrogen (secondary N) is 1. The average molecular weight is 381 g/mol. The molecular weight excluding hydrogens is 358 g/mol. The van der Waals surface area contributed by atoms with Crippen LogP contribution in [0.4, 0.5) is 10.5 Å². The third kappa shape index (κ3) is 4.49. The van der Waals surface area contributed by atoms with E-state index >= 15 is 0 Å². The Balaban J connectivity index is 1.61. The van der Waals surface area contributed by atoms with E-state index in [1.807, 2.05) is 18.2 Å². The van der Waals surface area contributed by atoms with Crippen LogP contribution in [0.1, 0.15) is 40.4 Å². The molecule has 3 N–H and O–H groups in total. The summed E-state index contributed by atoms with van der Waals surface area (Å²) in [6, 6.07) is 13.6. The van der Waals surface area contributed by atoms with Crippen LogP contribution in [-0.4, -0.2) is 36.5 Å². The fraction of sp³-hybridized carbons (Fsp3) is 0.286. The summed E-state index contributed by atoms with van der Waals surface area (Å²) in [4.78, 5) is 37.4. The van der Waals surface area contributed by atoms with Crippen molar-refractivity contribution in [2.24, 2.45) is 5.73 Å². The highest BCUT2D eigenvalue weighted by atomic mass is 16.5. The van der Waals surface area contributed by atoms with Gasteiger partial charge in [-0.1, -0.05) is 30.3 Å². The van der Waals surface area contributed by atoms with Gasteiger partial charge in [0, 0.05) is 12.7 Å². The second-order valence-corrected chi connectivity index (χ2v) is 6.76. The van der Waals surface area contributed by atoms with Gasteiger partial charge in [-0.05, 0) is 48.6 Å². The molecule has 0 spiro atoms. The van der Waals surface area contributed by atoms with Crippen molar-refractivity contribution in [3.05, 3.63) is 65.2 Å². The second kappa shape index (κ2) is 8.56. The lowest BCUT2D eigenvalue weighted by molar-refractivity contribution is -0.135. The van der Waals surface area contributed by atoms with Gasteiger partial charge >= 0.3 is 12.0 Å². The van der Waals surface area contributed by atoms with Crippen LogP contribution in [0.5, 0.6) is 0 Å². The minimum Gasteiger partial charge on any atom is -0.452 e. The number of ether oxygens (including phenoxy) is 1. The van der Waals surface area contributed by atoms with Crippen molar-refractivity contribution in [2.45, 2.75) is 25.3 Å². The number of carbonyl (C=O) groups excluding carboxylic acids is 3. The van der Waals surface area contributed by atoms with E-state index in [1.165, 1.54) is 11.6 Å². The molecule has 0 radical (unpaired) electrons. The molecule has 0 aromatic heterocycles. The van der Waals surface area contributed by atoms with Crippen molar-refractivity contribution in [3.8, 4) is 0 Å². The molecule has 1 aliphatic rings. The van der Waals surface area contributed by atoms with Crippen LogP contribution in [0.15, 0.2) is 48.5 Å². The highest BCUT2D eigenvalue weighted by Crippen LogP contribution is 2.33. The number of anilines is 1. The van der Waals surface area contributed by atoms with Gasteiger partial charge < -0.3 is 20.7 Å². The molecule has 0 fully saturated rings. The number of rotatable bonds is 5. The van der Waals surface area contributed by atoms with E-state index in [1.54, 1.807) is 30.1 Å². The summed E-state index contributed by atoms with van der Waals surface area (Å²) in [6.07, 6.45) is 2.91. The van der Waals surface area contributed by atoms with Crippen LogP contribution < -0.4 is 11.1 Å². The molecule has 0 aliphatic heterocycles. The predicted molar refractivity (Wildman–Crippen MR) is 105 cm³/mol. The van der Waals surface area contributed by atoms with Gasteiger partial charge in [0.1, 0.15) is 0 Å². The van der Waals surface area contributed by atoms with Crippen molar-refractivity contribution in [2.75, 3.05) is 19.0 Å². The van der Waals surface area contributed by atoms with Crippen molar-refractivity contribution in [1.29, 1.82) is 0 Å². The van der Waals surface area contributed by atoms with E-state index in [4.69, 9.17) is 10.5 Å². The Labute approximate surface area is 163 Å². The van der Waals surface area contributed by atoms with Crippen LogP contribution in [0.2, 0.25) is 0 Å². The Hall–Kier alpha value is -3.35. The summed E-state index contributed by atoms with van der Waals surface area (Å²) >= 11 is 0. The molecule has 1 atom stereocenters. The molecule has 0 bridgehead atoms. The predicted octanol–water partition coefficient (Wildman–Crippen LogP) is 2.87. The number of primary amides is 1. The molecule has 2 aromatic carbocycles. The van der Waals surface area contributed by atoms with Crippen LogP contribution in [0.25, 0.3) is 0 Å². The smallest absolute Gasteiger partial charge is 0.338 e. The Morgan fingerprint density at radius 3 is 2.75 bits per heavy atom. The summed E-state index contributed by atoms with van der Waals surface area (Å²) in [5.74, 6) is -0.902. The van der Waals surface area contributed by atoms with Gasteiger partial charge in [-0.25, -0.2) is 9.59 Å². The van der Waals surface area contributed by atoms with E-state index in [-0.39, 0.29) is 24.1 Å². The standard InChI is InChI=1S/C21H23N3O4/c1-24(18-11-5-7-14-6-2-3-10-17(14)18)19(25)13-28-20(26)15-8-4-9-16(12-15)23-21(22)27/h2-4,6,8-10,12,18H,5,7,11,13H2,1H3,(H3,22,23,27)/t18-/m0/s1. The second-order valence-electron chi connectivity index (χ2n) is 6.76. The van der Waals surface area contributed by atoms with E-state index in [0.29, 0.717) is 5.69 Å². The Bertz CT molecular complexity index is 897. The fourth-order valence-electron chi connectivity index (χ4n) is 3.48. The topological polar surface area (TPSA) is 102 Å². The zero-order valence-electron chi connectivity index (χ0n) is 15.7. The Kier molecular flexibility index (Phi) is 5.93. The summed E-state index contributed by atoms with van der Waals surface area (Å²) in [6.45, 7) is -0.346. The number of hydrogen-bond acceptors (Lipinski definition) is 4. The summed E-state index contributed by atoms with van der Waals surface area (Å²) in [7, 11) is 1.74. The van der Waals surface area contributed by atoms with Gasteiger partial charge in [0.2, 0.25) is 0 Å². The average Bonchev–Trinajstić information content (AvgIpc) is 2.70. The highest BCUT2D eigenvalue weighted by molar-refractivity contribution is 5.94. The Morgan fingerprint density at radius 2 is 1.96 bits per heavy atom. The molecule has 146 valence electrons. The third-order valence-corrected chi connectivity index (χ3v) is 4.89. The summed E-state index contributed by atoms with van der Waals surface area (Å²) < 4.78 is 5.18. The van der Waals surface area contributed by atoms with Crippen molar-refractivity contribution in [3.63, 3.8) is 0 Å². The zero-order chi connectivity index (χ0) is 20.1. The number of nitrogens with two attached hydrogens (primary N) is 1. The van der Waals surface area contributed by atoms with E-state index in [0.717, 1.165) is 24.8 Å². The molecule has 3 amide bonds. The third-order valence-electron chi connectivity index (χ3n) is 4.89. The number of hydrogen-bond donors (Lipinski definition) is 2. The SMILES string of the molecule is CN(C(=O)COC(=O)c1cccc(NC(N)=O)c1)[C@H]1CCCc2ccccc21. The molecule has 2 aromatic rings. The number of aryl methyl sites for hydroxylation is 1. The Morgan fingerprint density at radius 1 is 1.18 bits per heavy atom. The molecule has 0 saturated carbocycles. The van der Waals surface area contributed by atoms with Crippen LogP contribution in [0, 0.1) is 0 Å². The van der Waals surface area contributed by atoms with E-state index in [2.05, 4.69) is 11.4 Å². The van der Waals surface area contributed by atoms with Crippen LogP contribution in [-0.2, 0) is 16.0 Å². The number of amides is 3. The normalized spacial score (nSPS) is 15.2. The number of benzene rings is 2. The maximum absolute atomic E-state index is 12.6. The molecule has 3 rings (SSSR count). The largest absolute Gasteiger partial charge is 0.452 e. The minimum absolute atomic E-state index is 0.0146. The quantitative estimate of drug-likeness (QED) is 0.778. The lowest BCUT2D eigenvalue weighted by atomic mass is 9.87. The number of urea groups is 1. The van der Waals surface area contributed by atoms with Crippen molar-refractivity contribution in [1.82, 2.24) is 4.90 Å². The summed E-state index contributed by atoms with van der Waals surface area (Å²) in [5.41, 5.74) is 8.09. The first-order chi connectivity index (χ1) is 13.5. The van der Waals surface area contributed by atoms with Gasteiger partial charge in [0.05, 0.1) is 11.6 Å².